The Labute approximate surface area is 155 Å². The lowest BCUT2D eigenvalue weighted by molar-refractivity contribution is -0.135. The van der Waals surface area contributed by atoms with Gasteiger partial charge in [0.1, 0.15) is 11.1 Å². The van der Waals surface area contributed by atoms with Crippen LogP contribution in [0.1, 0.15) is 5.56 Å². The Kier molecular flexibility index (Phi) is 5.40. The van der Waals surface area contributed by atoms with Gasteiger partial charge in [-0.15, -0.1) is 0 Å². The number of para-hydroxylation sites is 1. The van der Waals surface area contributed by atoms with Crippen LogP contribution in [0.4, 0.5) is 5.69 Å². The Balaban J connectivity index is 2.03. The molecule has 0 saturated carbocycles. The summed E-state index contributed by atoms with van der Waals surface area (Å²) in [5.74, 6) is -0.902. The number of nitriles is 1. The third kappa shape index (κ3) is 3.48. The van der Waals surface area contributed by atoms with Crippen LogP contribution >= 0.6 is 11.8 Å². The summed E-state index contributed by atoms with van der Waals surface area (Å²) in [6.07, 6.45) is 0.511. The van der Waals surface area contributed by atoms with Crippen LogP contribution in [-0.4, -0.2) is 24.2 Å². The number of benzene rings is 2. The average molecular weight is 364 g/mol. The number of thioether (sulfide) groups is 1. The molecule has 0 N–H and O–H groups in total. The van der Waals surface area contributed by atoms with Crippen molar-refractivity contribution in [3.63, 3.8) is 0 Å². The van der Waals surface area contributed by atoms with Gasteiger partial charge in [0.15, 0.2) is 5.57 Å². The molecule has 5 nitrogen and oxygen atoms in total. The van der Waals surface area contributed by atoms with Crippen LogP contribution in [0.15, 0.2) is 71.3 Å². The van der Waals surface area contributed by atoms with E-state index in [1.54, 1.807) is 24.3 Å². The van der Waals surface area contributed by atoms with E-state index in [-0.39, 0.29) is 11.5 Å². The molecule has 1 aliphatic rings. The fourth-order valence-electron chi connectivity index (χ4n) is 2.71. The first-order chi connectivity index (χ1) is 12.7. The zero-order chi connectivity index (χ0) is 18.5. The molecule has 0 bridgehead atoms. The Morgan fingerprint density at radius 1 is 1.15 bits per heavy atom. The third-order valence-corrected chi connectivity index (χ3v) is 5.21. The number of hydrogen-bond donors (Lipinski definition) is 0. The highest BCUT2D eigenvalue weighted by Gasteiger charge is 2.40. The first-order valence-corrected chi connectivity index (χ1v) is 8.86. The standard InChI is InChI=1S/C20H16N2O3S/c1-25-20(24)16(13-21)19-22(15-10-6-3-7-11-15)18(23)17(26-19)12-14-8-4-2-5-9-14/h2-11,17H,12H2,1H3/b19-16+. The number of amides is 1. The summed E-state index contributed by atoms with van der Waals surface area (Å²) in [4.78, 5) is 26.5. The molecule has 1 heterocycles. The second-order valence-corrected chi connectivity index (χ2v) is 6.78. The van der Waals surface area contributed by atoms with E-state index in [0.717, 1.165) is 5.56 Å². The molecular weight excluding hydrogens is 348 g/mol. The van der Waals surface area contributed by atoms with Crippen molar-refractivity contribution >= 4 is 29.3 Å². The molecule has 1 atom stereocenters. The molecule has 3 rings (SSSR count). The SMILES string of the molecule is COC(=O)/C(C#N)=C1/SC(Cc2ccccc2)C(=O)N1c1ccccc1. The minimum atomic E-state index is -0.746. The van der Waals surface area contributed by atoms with Gasteiger partial charge in [0.05, 0.1) is 12.4 Å². The van der Waals surface area contributed by atoms with Crippen LogP contribution < -0.4 is 4.90 Å². The molecule has 1 aliphatic heterocycles. The molecule has 2 aromatic rings. The summed E-state index contributed by atoms with van der Waals surface area (Å²) in [6, 6.07) is 20.5. The maximum absolute atomic E-state index is 13.1. The van der Waals surface area contributed by atoms with Crippen molar-refractivity contribution in [3.8, 4) is 6.07 Å². The van der Waals surface area contributed by atoms with Crippen LogP contribution in [0.25, 0.3) is 0 Å². The Morgan fingerprint density at radius 2 is 1.77 bits per heavy atom. The van der Waals surface area contributed by atoms with Gasteiger partial charge in [0.25, 0.3) is 0 Å². The predicted octanol–water partition coefficient (Wildman–Crippen LogP) is 3.29. The van der Waals surface area contributed by atoms with Crippen molar-refractivity contribution in [2.45, 2.75) is 11.7 Å². The number of carbonyl (C=O) groups excluding carboxylic acids is 2. The van der Waals surface area contributed by atoms with E-state index in [9.17, 15) is 14.9 Å². The van der Waals surface area contributed by atoms with Crippen LogP contribution in [0, 0.1) is 11.3 Å². The van der Waals surface area contributed by atoms with Crippen LogP contribution in [0.5, 0.6) is 0 Å². The smallest absolute Gasteiger partial charge is 0.351 e. The van der Waals surface area contributed by atoms with Gasteiger partial charge >= 0.3 is 5.97 Å². The molecule has 130 valence electrons. The first-order valence-electron chi connectivity index (χ1n) is 7.98. The Morgan fingerprint density at radius 3 is 2.35 bits per heavy atom. The summed E-state index contributed by atoms with van der Waals surface area (Å²) in [5, 5.41) is 9.35. The zero-order valence-corrected chi connectivity index (χ0v) is 14.9. The lowest BCUT2D eigenvalue weighted by Crippen LogP contribution is -2.30. The van der Waals surface area contributed by atoms with E-state index in [1.165, 1.54) is 23.8 Å². The minimum absolute atomic E-state index is 0.156. The highest BCUT2D eigenvalue weighted by atomic mass is 32.2. The lowest BCUT2D eigenvalue weighted by Gasteiger charge is -2.18. The maximum atomic E-state index is 13.1. The molecular formula is C20H16N2O3S. The van der Waals surface area contributed by atoms with Gasteiger partial charge < -0.3 is 4.74 Å². The number of anilines is 1. The van der Waals surface area contributed by atoms with Gasteiger partial charge in [0, 0.05) is 5.69 Å². The molecule has 0 radical (unpaired) electrons. The second kappa shape index (κ2) is 7.89. The number of nitrogens with zero attached hydrogens (tertiary/aromatic N) is 2. The molecule has 1 unspecified atom stereocenters. The Bertz CT molecular complexity index is 888. The predicted molar refractivity (Wildman–Crippen MR) is 100 cm³/mol. The van der Waals surface area contributed by atoms with Crippen molar-refractivity contribution in [3.05, 3.63) is 76.8 Å². The van der Waals surface area contributed by atoms with E-state index in [4.69, 9.17) is 4.74 Å². The quantitative estimate of drug-likeness (QED) is 0.473. The highest BCUT2D eigenvalue weighted by Crippen LogP contribution is 2.41. The lowest BCUT2D eigenvalue weighted by atomic mass is 10.1. The van der Waals surface area contributed by atoms with Crippen LogP contribution in [-0.2, 0) is 20.7 Å². The van der Waals surface area contributed by atoms with Crippen molar-refractivity contribution in [1.82, 2.24) is 0 Å². The van der Waals surface area contributed by atoms with E-state index in [0.29, 0.717) is 17.1 Å². The molecule has 26 heavy (non-hydrogen) atoms. The van der Waals surface area contributed by atoms with Crippen molar-refractivity contribution < 1.29 is 14.3 Å². The molecule has 0 spiro atoms. The van der Waals surface area contributed by atoms with Gasteiger partial charge in [-0.3, -0.25) is 9.69 Å². The summed E-state index contributed by atoms with van der Waals surface area (Å²) >= 11 is 1.23. The van der Waals surface area contributed by atoms with E-state index in [1.807, 2.05) is 42.5 Å². The molecule has 0 aliphatic carbocycles. The van der Waals surface area contributed by atoms with Crippen LogP contribution in [0.3, 0.4) is 0 Å². The number of hydrogen-bond acceptors (Lipinski definition) is 5. The number of methoxy groups -OCH3 is 1. The number of rotatable bonds is 4. The van der Waals surface area contributed by atoms with E-state index < -0.39 is 11.2 Å². The van der Waals surface area contributed by atoms with Crippen molar-refractivity contribution in [1.29, 1.82) is 5.26 Å². The average Bonchev–Trinajstić information content (AvgIpc) is 2.99. The van der Waals surface area contributed by atoms with Crippen LogP contribution in [0.2, 0.25) is 0 Å². The van der Waals surface area contributed by atoms with E-state index >= 15 is 0 Å². The normalized spacial score (nSPS) is 18.4. The highest BCUT2D eigenvalue weighted by molar-refractivity contribution is 8.05. The summed E-state index contributed by atoms with van der Waals surface area (Å²) in [5.41, 5.74) is 1.47. The third-order valence-electron chi connectivity index (χ3n) is 3.95. The first kappa shape index (κ1) is 17.8. The largest absolute Gasteiger partial charge is 0.465 e. The summed E-state index contributed by atoms with van der Waals surface area (Å²) < 4.78 is 4.72. The van der Waals surface area contributed by atoms with E-state index in [2.05, 4.69) is 0 Å². The van der Waals surface area contributed by atoms with Crippen molar-refractivity contribution in [2.24, 2.45) is 0 Å². The van der Waals surface area contributed by atoms with Gasteiger partial charge in [-0.05, 0) is 24.1 Å². The molecule has 0 aromatic heterocycles. The number of ether oxygens (including phenoxy) is 1. The fourth-order valence-corrected chi connectivity index (χ4v) is 4.01. The summed E-state index contributed by atoms with van der Waals surface area (Å²) in [6.45, 7) is 0. The topological polar surface area (TPSA) is 70.4 Å². The molecule has 1 fully saturated rings. The summed E-state index contributed by atoms with van der Waals surface area (Å²) in [7, 11) is 1.22. The van der Waals surface area contributed by atoms with Gasteiger partial charge in [-0.25, -0.2) is 4.79 Å². The van der Waals surface area contributed by atoms with Gasteiger partial charge in [0.2, 0.25) is 5.91 Å². The molecule has 1 amide bonds. The molecule has 2 aromatic carbocycles. The fraction of sp³-hybridized carbons (Fsp3) is 0.150. The van der Waals surface area contributed by atoms with Crippen molar-refractivity contribution in [2.75, 3.05) is 12.0 Å². The minimum Gasteiger partial charge on any atom is -0.465 e. The van der Waals surface area contributed by atoms with Gasteiger partial charge in [-0.2, -0.15) is 5.26 Å². The second-order valence-electron chi connectivity index (χ2n) is 5.59. The zero-order valence-electron chi connectivity index (χ0n) is 14.1. The van der Waals surface area contributed by atoms with Gasteiger partial charge in [-0.1, -0.05) is 60.3 Å². The number of carbonyl (C=O) groups is 2. The molecule has 6 heteroatoms. The molecule has 1 saturated heterocycles. The monoisotopic (exact) mass is 364 g/mol. The number of esters is 1. The maximum Gasteiger partial charge on any atom is 0.351 e. The Hall–Kier alpha value is -3.04.